The zero-order chi connectivity index (χ0) is 14.3. The molecule has 0 saturated carbocycles. The topological polar surface area (TPSA) is 98.3 Å². The van der Waals surface area contributed by atoms with Gasteiger partial charge in [0.15, 0.2) is 0 Å². The Morgan fingerprint density at radius 2 is 2.11 bits per heavy atom. The van der Waals surface area contributed by atoms with E-state index in [4.69, 9.17) is 5.73 Å². The number of unbranched alkanes of at least 4 members (excludes halogenated alkanes) is 2. The van der Waals surface area contributed by atoms with Gasteiger partial charge in [-0.1, -0.05) is 22.4 Å². The number of nitro groups is 1. The number of nitrogens with zero attached hydrogens (tertiary/aromatic N) is 1. The van der Waals surface area contributed by atoms with E-state index in [1.54, 1.807) is 6.07 Å². The average molecular weight is 330 g/mol. The Morgan fingerprint density at radius 3 is 2.74 bits per heavy atom. The lowest BCUT2D eigenvalue weighted by atomic mass is 10.2. The second-order valence-electron chi connectivity index (χ2n) is 4.07. The molecule has 0 spiro atoms. The highest BCUT2D eigenvalue weighted by Gasteiger charge is 2.15. The number of halogens is 1. The summed E-state index contributed by atoms with van der Waals surface area (Å²) < 4.78 is 0.597. The van der Waals surface area contributed by atoms with Gasteiger partial charge in [0.05, 0.1) is 4.92 Å². The van der Waals surface area contributed by atoms with Crippen molar-refractivity contribution in [2.75, 3.05) is 11.9 Å². The summed E-state index contributed by atoms with van der Waals surface area (Å²) in [6.45, 7) is 0.611. The third kappa shape index (κ3) is 5.35. The van der Waals surface area contributed by atoms with Crippen molar-refractivity contribution in [2.24, 2.45) is 5.73 Å². The molecular formula is C12H16BrN3O3. The van der Waals surface area contributed by atoms with E-state index in [2.05, 4.69) is 21.2 Å². The van der Waals surface area contributed by atoms with Gasteiger partial charge < -0.3 is 11.1 Å². The summed E-state index contributed by atoms with van der Waals surface area (Å²) in [5.74, 6) is -0.220. The molecule has 0 heterocycles. The lowest BCUT2D eigenvalue weighted by Gasteiger charge is -2.06. The van der Waals surface area contributed by atoms with Gasteiger partial charge in [-0.05, 0) is 31.5 Å². The predicted molar refractivity (Wildman–Crippen MR) is 76.9 cm³/mol. The average Bonchev–Trinajstić information content (AvgIpc) is 2.36. The number of carbonyl (C=O) groups is 1. The number of nitrogens with two attached hydrogens (primary N) is 1. The van der Waals surface area contributed by atoms with Crippen LogP contribution in [-0.2, 0) is 4.79 Å². The fraction of sp³-hybridized carbons (Fsp3) is 0.417. The molecule has 0 atom stereocenters. The molecule has 7 heteroatoms. The van der Waals surface area contributed by atoms with Crippen LogP contribution in [0.5, 0.6) is 0 Å². The van der Waals surface area contributed by atoms with Gasteiger partial charge >= 0.3 is 0 Å². The fourth-order valence-electron chi connectivity index (χ4n) is 1.58. The fourth-order valence-corrected chi connectivity index (χ4v) is 1.93. The quantitative estimate of drug-likeness (QED) is 0.456. The molecule has 0 aromatic heterocycles. The molecule has 104 valence electrons. The van der Waals surface area contributed by atoms with Crippen LogP contribution >= 0.6 is 15.9 Å². The number of benzene rings is 1. The number of hydrogen-bond acceptors (Lipinski definition) is 4. The summed E-state index contributed by atoms with van der Waals surface area (Å²) >= 11 is 3.16. The smallest absolute Gasteiger partial charge is 0.293 e. The van der Waals surface area contributed by atoms with Crippen LogP contribution < -0.4 is 11.1 Å². The highest BCUT2D eigenvalue weighted by Crippen LogP contribution is 2.28. The molecule has 0 aliphatic heterocycles. The van der Waals surface area contributed by atoms with Crippen molar-refractivity contribution in [2.45, 2.75) is 25.7 Å². The third-order valence-corrected chi connectivity index (χ3v) is 3.03. The largest absolute Gasteiger partial charge is 0.330 e. The van der Waals surface area contributed by atoms with Gasteiger partial charge in [0.25, 0.3) is 5.69 Å². The van der Waals surface area contributed by atoms with Crippen LogP contribution in [0.2, 0.25) is 0 Å². The molecule has 1 aromatic carbocycles. The highest BCUT2D eigenvalue weighted by molar-refractivity contribution is 9.10. The Kier molecular flexibility index (Phi) is 6.44. The summed E-state index contributed by atoms with van der Waals surface area (Å²) in [5.41, 5.74) is 5.46. The van der Waals surface area contributed by atoms with Crippen molar-refractivity contribution in [3.8, 4) is 0 Å². The van der Waals surface area contributed by atoms with E-state index in [0.29, 0.717) is 17.4 Å². The molecule has 1 rings (SSSR count). The van der Waals surface area contributed by atoms with E-state index in [0.717, 1.165) is 19.3 Å². The molecular weight excluding hydrogens is 314 g/mol. The van der Waals surface area contributed by atoms with E-state index in [1.807, 2.05) is 0 Å². The first-order valence-electron chi connectivity index (χ1n) is 5.98. The molecule has 0 radical (unpaired) electrons. The number of nitro benzene ring substituents is 1. The second kappa shape index (κ2) is 7.85. The number of amides is 1. The van der Waals surface area contributed by atoms with Gasteiger partial charge in [0.2, 0.25) is 5.91 Å². The monoisotopic (exact) mass is 329 g/mol. The number of rotatable bonds is 7. The molecule has 0 saturated heterocycles. The number of hydrogen-bond donors (Lipinski definition) is 2. The number of nitrogens with one attached hydrogen (secondary N) is 1. The van der Waals surface area contributed by atoms with Crippen LogP contribution in [0.25, 0.3) is 0 Å². The first kappa shape index (κ1) is 15.6. The van der Waals surface area contributed by atoms with E-state index in [9.17, 15) is 14.9 Å². The minimum atomic E-state index is -0.519. The van der Waals surface area contributed by atoms with Crippen molar-refractivity contribution in [1.29, 1.82) is 0 Å². The highest BCUT2D eigenvalue weighted by atomic mass is 79.9. The van der Waals surface area contributed by atoms with Gasteiger partial charge in [0, 0.05) is 17.0 Å². The maximum absolute atomic E-state index is 11.7. The molecule has 6 nitrogen and oxygen atoms in total. The maximum atomic E-state index is 11.7. The third-order valence-electron chi connectivity index (χ3n) is 2.54. The molecule has 3 N–H and O–H groups in total. The van der Waals surface area contributed by atoms with Crippen LogP contribution in [0.15, 0.2) is 22.7 Å². The van der Waals surface area contributed by atoms with E-state index in [-0.39, 0.29) is 17.3 Å². The van der Waals surface area contributed by atoms with Gasteiger partial charge in [-0.15, -0.1) is 0 Å². The zero-order valence-corrected chi connectivity index (χ0v) is 12.0. The Labute approximate surface area is 119 Å². The van der Waals surface area contributed by atoms with Gasteiger partial charge in [0.1, 0.15) is 5.69 Å². The number of anilines is 1. The van der Waals surface area contributed by atoms with Gasteiger partial charge in [-0.25, -0.2) is 0 Å². The minimum Gasteiger partial charge on any atom is -0.330 e. The number of carbonyl (C=O) groups excluding carboxylic acids is 1. The Balaban J connectivity index is 2.61. The zero-order valence-electron chi connectivity index (χ0n) is 10.4. The summed E-state index contributed by atoms with van der Waals surface area (Å²) in [7, 11) is 0. The van der Waals surface area contributed by atoms with E-state index < -0.39 is 4.92 Å². The van der Waals surface area contributed by atoms with Crippen molar-refractivity contribution < 1.29 is 9.72 Å². The predicted octanol–water partition coefficient (Wildman–Crippen LogP) is 2.81. The maximum Gasteiger partial charge on any atom is 0.293 e. The molecule has 0 unspecified atom stereocenters. The molecule has 0 aliphatic carbocycles. The Hall–Kier alpha value is -1.47. The summed E-state index contributed by atoms with van der Waals surface area (Å²) in [6.07, 6.45) is 2.83. The van der Waals surface area contributed by atoms with Crippen LogP contribution in [-0.4, -0.2) is 17.4 Å². The molecule has 1 aromatic rings. The standard InChI is InChI=1S/C12H16BrN3O3/c13-9-5-6-10(11(8-9)16(18)19)15-12(17)4-2-1-3-7-14/h5-6,8H,1-4,7,14H2,(H,15,17). The molecule has 0 aliphatic rings. The van der Waals surface area contributed by atoms with E-state index in [1.165, 1.54) is 12.1 Å². The van der Waals surface area contributed by atoms with Gasteiger partial charge in [-0.3, -0.25) is 14.9 Å². The van der Waals surface area contributed by atoms with E-state index >= 15 is 0 Å². The van der Waals surface area contributed by atoms with Crippen molar-refractivity contribution in [1.82, 2.24) is 0 Å². The van der Waals surface area contributed by atoms with Crippen LogP contribution in [0, 0.1) is 10.1 Å². The molecule has 1 amide bonds. The Morgan fingerprint density at radius 1 is 1.37 bits per heavy atom. The summed E-state index contributed by atoms with van der Waals surface area (Å²) in [5, 5.41) is 13.4. The first-order chi connectivity index (χ1) is 9.04. The second-order valence-corrected chi connectivity index (χ2v) is 4.98. The summed E-state index contributed by atoms with van der Waals surface area (Å²) in [4.78, 5) is 22.0. The lowest BCUT2D eigenvalue weighted by molar-refractivity contribution is -0.384. The SMILES string of the molecule is NCCCCCC(=O)Nc1ccc(Br)cc1[N+](=O)[O-]. The van der Waals surface area contributed by atoms with Crippen LogP contribution in [0.3, 0.4) is 0 Å². The summed E-state index contributed by atoms with van der Waals surface area (Å²) in [6, 6.07) is 4.53. The molecule has 19 heavy (non-hydrogen) atoms. The van der Waals surface area contributed by atoms with Crippen molar-refractivity contribution in [3.63, 3.8) is 0 Å². The molecule has 0 bridgehead atoms. The Bertz CT molecular complexity index is 466. The first-order valence-corrected chi connectivity index (χ1v) is 6.77. The molecule has 0 fully saturated rings. The van der Waals surface area contributed by atoms with Crippen molar-refractivity contribution >= 4 is 33.2 Å². The van der Waals surface area contributed by atoms with Crippen molar-refractivity contribution in [3.05, 3.63) is 32.8 Å². The van der Waals surface area contributed by atoms with Crippen LogP contribution in [0.4, 0.5) is 11.4 Å². The lowest BCUT2D eigenvalue weighted by Crippen LogP contribution is -2.12. The normalized spacial score (nSPS) is 10.2. The van der Waals surface area contributed by atoms with Crippen LogP contribution in [0.1, 0.15) is 25.7 Å². The minimum absolute atomic E-state index is 0.121. The van der Waals surface area contributed by atoms with Gasteiger partial charge in [-0.2, -0.15) is 0 Å².